The predicted molar refractivity (Wildman–Crippen MR) is 256 cm³/mol. The van der Waals surface area contributed by atoms with Crippen molar-refractivity contribution in [1.82, 2.24) is 19.9 Å². The Morgan fingerprint density at radius 2 is 0.500 bits per heavy atom. The summed E-state index contributed by atoms with van der Waals surface area (Å²) in [7, 11) is 0. The van der Waals surface area contributed by atoms with Gasteiger partial charge in [0.2, 0.25) is 0 Å². The van der Waals surface area contributed by atoms with Crippen LogP contribution in [0.4, 0.5) is 0 Å². The van der Waals surface area contributed by atoms with E-state index in [1.54, 1.807) is 0 Å². The standard InChI is InChI=1S/C58H38N4/c1-5-17-39(18-6-1)53-37-55(61-57(59-53)41-21-9-3-10-22-41)45-27-13-25-43(35-45)47-29-15-31-49-50-32-16-30-48(52(50)34-33-51(47)49)44-26-14-28-46(36-44)56-38-54(40-19-7-2-8-20-40)60-58(62-56)42-23-11-4-12-24-42/h1-38H. The van der Waals surface area contributed by atoms with Crippen LogP contribution < -0.4 is 0 Å². The van der Waals surface area contributed by atoms with E-state index in [9.17, 15) is 0 Å². The highest BCUT2D eigenvalue weighted by Gasteiger charge is 2.16. The van der Waals surface area contributed by atoms with E-state index in [0.29, 0.717) is 11.6 Å². The molecular formula is C58H38N4. The van der Waals surface area contributed by atoms with Gasteiger partial charge in [-0.25, -0.2) is 19.9 Å². The summed E-state index contributed by atoms with van der Waals surface area (Å²) >= 11 is 0. The molecule has 0 atom stereocenters. The van der Waals surface area contributed by atoms with Gasteiger partial charge in [0.15, 0.2) is 11.6 Å². The second-order valence-electron chi connectivity index (χ2n) is 15.4. The van der Waals surface area contributed by atoms with Crippen LogP contribution in [0.25, 0.3) is 112 Å². The first-order chi connectivity index (χ1) is 30.7. The molecule has 0 saturated heterocycles. The lowest BCUT2D eigenvalue weighted by Gasteiger charge is -2.14. The number of rotatable bonds is 8. The molecule has 2 heterocycles. The Hall–Kier alpha value is -8.34. The maximum atomic E-state index is 5.12. The Bertz CT molecular complexity index is 3040. The first-order valence-electron chi connectivity index (χ1n) is 20.9. The van der Waals surface area contributed by atoms with Gasteiger partial charge in [-0.1, -0.05) is 206 Å². The molecular weight excluding hydrogens is 753 g/mol. The average molecular weight is 791 g/mol. The summed E-state index contributed by atoms with van der Waals surface area (Å²) < 4.78 is 0. The van der Waals surface area contributed by atoms with Crippen molar-refractivity contribution >= 4 is 21.5 Å². The van der Waals surface area contributed by atoms with Gasteiger partial charge in [-0.05, 0) is 68.1 Å². The van der Waals surface area contributed by atoms with Crippen LogP contribution in [0.2, 0.25) is 0 Å². The molecule has 0 saturated carbocycles. The topological polar surface area (TPSA) is 51.6 Å². The summed E-state index contributed by atoms with van der Waals surface area (Å²) in [4.78, 5) is 20.3. The Balaban J connectivity index is 0.987. The number of hydrogen-bond donors (Lipinski definition) is 0. The van der Waals surface area contributed by atoms with Gasteiger partial charge in [-0.2, -0.15) is 0 Å². The molecule has 0 aliphatic carbocycles. The number of fused-ring (bicyclic) bond motifs is 3. The fourth-order valence-corrected chi connectivity index (χ4v) is 8.46. The van der Waals surface area contributed by atoms with E-state index in [0.717, 1.165) is 67.3 Å². The largest absolute Gasteiger partial charge is 0.228 e. The summed E-state index contributed by atoms with van der Waals surface area (Å²) in [5, 5.41) is 4.81. The van der Waals surface area contributed by atoms with E-state index in [4.69, 9.17) is 19.9 Å². The monoisotopic (exact) mass is 790 g/mol. The number of hydrogen-bond acceptors (Lipinski definition) is 4. The smallest absolute Gasteiger partial charge is 0.160 e. The zero-order valence-corrected chi connectivity index (χ0v) is 33.7. The fourth-order valence-electron chi connectivity index (χ4n) is 8.46. The third kappa shape index (κ3) is 7.10. The highest BCUT2D eigenvalue weighted by Crippen LogP contribution is 2.39. The minimum atomic E-state index is 0.705. The maximum Gasteiger partial charge on any atom is 0.160 e. The molecule has 290 valence electrons. The molecule has 9 aromatic carbocycles. The zero-order chi connectivity index (χ0) is 41.2. The van der Waals surface area contributed by atoms with Crippen molar-refractivity contribution in [3.63, 3.8) is 0 Å². The Labute approximate surface area is 360 Å². The predicted octanol–water partition coefficient (Wildman–Crippen LogP) is 14.9. The number of aromatic nitrogens is 4. The normalized spacial score (nSPS) is 11.2. The molecule has 0 fully saturated rings. The second-order valence-corrected chi connectivity index (χ2v) is 15.4. The summed E-state index contributed by atoms with van der Waals surface area (Å²) in [6.45, 7) is 0. The van der Waals surface area contributed by atoms with Crippen molar-refractivity contribution < 1.29 is 0 Å². The minimum absolute atomic E-state index is 0.705. The molecule has 0 aliphatic rings. The van der Waals surface area contributed by atoms with Crippen molar-refractivity contribution in [2.75, 3.05) is 0 Å². The molecule has 11 rings (SSSR count). The van der Waals surface area contributed by atoms with Gasteiger partial charge >= 0.3 is 0 Å². The highest BCUT2D eigenvalue weighted by molar-refractivity contribution is 6.15. The SMILES string of the molecule is c1ccc(-c2cc(-c3cccc(-c4cccc5c4ccc4c(-c6cccc(-c7cc(-c8ccccc8)nc(-c8ccccc8)n7)c6)cccc45)c3)nc(-c3ccccc3)n2)cc1. The van der Waals surface area contributed by atoms with E-state index in [1.165, 1.54) is 32.7 Å². The van der Waals surface area contributed by atoms with E-state index >= 15 is 0 Å². The van der Waals surface area contributed by atoms with Gasteiger partial charge in [-0.15, -0.1) is 0 Å². The highest BCUT2D eigenvalue weighted by atomic mass is 14.9. The molecule has 4 nitrogen and oxygen atoms in total. The molecule has 0 N–H and O–H groups in total. The van der Waals surface area contributed by atoms with Crippen LogP contribution in [-0.4, -0.2) is 19.9 Å². The quantitative estimate of drug-likeness (QED) is 0.144. The van der Waals surface area contributed by atoms with E-state index < -0.39 is 0 Å². The lowest BCUT2D eigenvalue weighted by atomic mass is 9.90. The molecule has 0 spiro atoms. The third-order valence-electron chi connectivity index (χ3n) is 11.5. The van der Waals surface area contributed by atoms with Crippen LogP contribution in [0.1, 0.15) is 0 Å². The maximum absolute atomic E-state index is 5.12. The summed E-state index contributed by atoms with van der Waals surface area (Å²) in [5.41, 5.74) is 14.3. The lowest BCUT2D eigenvalue weighted by molar-refractivity contribution is 1.18. The second kappa shape index (κ2) is 16.0. The van der Waals surface area contributed by atoms with E-state index in [2.05, 4.69) is 158 Å². The van der Waals surface area contributed by atoms with Gasteiger partial charge in [0, 0.05) is 33.4 Å². The number of benzene rings is 9. The Morgan fingerprint density at radius 1 is 0.194 bits per heavy atom. The van der Waals surface area contributed by atoms with Crippen molar-refractivity contribution in [2.24, 2.45) is 0 Å². The van der Waals surface area contributed by atoms with Gasteiger partial charge in [-0.3, -0.25) is 0 Å². The van der Waals surface area contributed by atoms with Crippen LogP contribution in [0, 0.1) is 0 Å². The first kappa shape index (κ1) is 36.7. The minimum Gasteiger partial charge on any atom is -0.228 e. The fraction of sp³-hybridized carbons (Fsp3) is 0. The third-order valence-corrected chi connectivity index (χ3v) is 11.5. The van der Waals surface area contributed by atoms with Crippen molar-refractivity contribution in [3.8, 4) is 90.1 Å². The summed E-state index contributed by atoms with van der Waals surface area (Å²) in [6.07, 6.45) is 0. The van der Waals surface area contributed by atoms with Gasteiger partial charge < -0.3 is 0 Å². The van der Waals surface area contributed by atoms with Crippen molar-refractivity contribution in [1.29, 1.82) is 0 Å². The Morgan fingerprint density at radius 3 is 0.887 bits per heavy atom. The number of nitrogens with zero attached hydrogens (tertiary/aromatic N) is 4. The molecule has 11 aromatic rings. The molecule has 62 heavy (non-hydrogen) atoms. The molecule has 2 aromatic heterocycles. The van der Waals surface area contributed by atoms with Gasteiger partial charge in [0.25, 0.3) is 0 Å². The summed E-state index contributed by atoms with van der Waals surface area (Å²) in [6, 6.07) is 80.5. The average Bonchev–Trinajstić information content (AvgIpc) is 3.36. The van der Waals surface area contributed by atoms with Crippen LogP contribution in [-0.2, 0) is 0 Å². The lowest BCUT2D eigenvalue weighted by Crippen LogP contribution is -1.96. The molecule has 0 unspecified atom stereocenters. The zero-order valence-electron chi connectivity index (χ0n) is 33.7. The molecule has 0 bridgehead atoms. The van der Waals surface area contributed by atoms with Crippen LogP contribution in [0.15, 0.2) is 231 Å². The molecule has 0 aliphatic heterocycles. The van der Waals surface area contributed by atoms with Crippen molar-refractivity contribution in [2.45, 2.75) is 0 Å². The molecule has 0 radical (unpaired) electrons. The summed E-state index contributed by atoms with van der Waals surface area (Å²) in [5.74, 6) is 1.41. The van der Waals surface area contributed by atoms with Crippen LogP contribution >= 0.6 is 0 Å². The van der Waals surface area contributed by atoms with Gasteiger partial charge in [0.05, 0.1) is 22.8 Å². The van der Waals surface area contributed by atoms with Crippen molar-refractivity contribution in [3.05, 3.63) is 231 Å². The Kier molecular flexibility index (Phi) is 9.49. The van der Waals surface area contributed by atoms with Crippen LogP contribution in [0.5, 0.6) is 0 Å². The van der Waals surface area contributed by atoms with E-state index in [-0.39, 0.29) is 0 Å². The first-order valence-corrected chi connectivity index (χ1v) is 20.9. The molecule has 4 heteroatoms. The van der Waals surface area contributed by atoms with Crippen LogP contribution in [0.3, 0.4) is 0 Å². The molecule has 0 amide bonds. The van der Waals surface area contributed by atoms with Gasteiger partial charge in [0.1, 0.15) is 0 Å². The van der Waals surface area contributed by atoms with E-state index in [1.807, 2.05) is 72.8 Å².